The van der Waals surface area contributed by atoms with E-state index >= 15 is 0 Å². The van der Waals surface area contributed by atoms with Crippen LogP contribution in [0.3, 0.4) is 0 Å². The lowest BCUT2D eigenvalue weighted by Crippen LogP contribution is -2.21. The van der Waals surface area contributed by atoms with Crippen molar-refractivity contribution in [3.8, 4) is 0 Å². The lowest BCUT2D eigenvalue weighted by atomic mass is 10.1. The minimum absolute atomic E-state index is 0.153. The van der Waals surface area contributed by atoms with Crippen LogP contribution in [0.5, 0.6) is 0 Å². The Bertz CT molecular complexity index is 440. The van der Waals surface area contributed by atoms with E-state index in [0.29, 0.717) is 12.3 Å². The predicted octanol–water partition coefficient (Wildman–Crippen LogP) is 2.63. The number of hydrogen-bond donors (Lipinski definition) is 1. The van der Waals surface area contributed by atoms with E-state index in [4.69, 9.17) is 0 Å². The second kappa shape index (κ2) is 8.33. The van der Waals surface area contributed by atoms with Crippen LogP contribution in [0.1, 0.15) is 32.3 Å². The summed E-state index contributed by atoms with van der Waals surface area (Å²) in [6, 6.07) is 9.36. The number of rotatable bonds is 9. The van der Waals surface area contributed by atoms with Crippen LogP contribution in [0, 0.1) is 5.92 Å². The molecule has 0 saturated carbocycles. The highest BCUT2D eigenvalue weighted by atomic mass is 32.2. The maximum Gasteiger partial charge on any atom is 0.154 e. The molecule has 0 radical (unpaired) electrons. The van der Waals surface area contributed by atoms with Gasteiger partial charge in [-0.15, -0.1) is 0 Å². The molecule has 0 unspecified atom stereocenters. The molecule has 0 aliphatic rings. The number of benzene rings is 1. The largest absolute Gasteiger partial charge is 0.317 e. The van der Waals surface area contributed by atoms with E-state index in [-0.39, 0.29) is 11.5 Å². The standard InChI is InChI=1S/C15H25NO2S/c1-14(2)9-11-16-10-6-12-19(17,18)13-15-7-4-3-5-8-15/h3-5,7-8,14,16H,6,9-13H2,1-2H3. The summed E-state index contributed by atoms with van der Waals surface area (Å²) in [5.74, 6) is 1.10. The zero-order valence-electron chi connectivity index (χ0n) is 11.9. The molecule has 3 nitrogen and oxygen atoms in total. The van der Waals surface area contributed by atoms with E-state index in [0.717, 1.165) is 25.1 Å². The van der Waals surface area contributed by atoms with Crippen LogP contribution in [-0.2, 0) is 15.6 Å². The Balaban J connectivity index is 2.21. The molecule has 108 valence electrons. The molecule has 1 rings (SSSR count). The van der Waals surface area contributed by atoms with Gasteiger partial charge in [0.2, 0.25) is 0 Å². The van der Waals surface area contributed by atoms with Crippen molar-refractivity contribution < 1.29 is 8.42 Å². The SMILES string of the molecule is CC(C)CCNCCCS(=O)(=O)Cc1ccccc1. The molecular formula is C15H25NO2S. The highest BCUT2D eigenvalue weighted by molar-refractivity contribution is 7.90. The summed E-state index contributed by atoms with van der Waals surface area (Å²) in [6.45, 7) is 6.12. The van der Waals surface area contributed by atoms with Crippen molar-refractivity contribution in [2.24, 2.45) is 5.92 Å². The van der Waals surface area contributed by atoms with Gasteiger partial charge in [-0.3, -0.25) is 0 Å². The summed E-state index contributed by atoms with van der Waals surface area (Å²) in [7, 11) is -2.98. The molecule has 1 aromatic carbocycles. The van der Waals surface area contributed by atoms with Gasteiger partial charge in [0.05, 0.1) is 11.5 Å². The van der Waals surface area contributed by atoms with Gasteiger partial charge in [-0.05, 0) is 37.4 Å². The van der Waals surface area contributed by atoms with Crippen LogP contribution in [0.4, 0.5) is 0 Å². The maximum atomic E-state index is 11.9. The fraction of sp³-hybridized carbons (Fsp3) is 0.600. The minimum Gasteiger partial charge on any atom is -0.317 e. The van der Waals surface area contributed by atoms with Gasteiger partial charge in [0.15, 0.2) is 9.84 Å². The average Bonchev–Trinajstić information content (AvgIpc) is 2.34. The van der Waals surface area contributed by atoms with Gasteiger partial charge < -0.3 is 5.32 Å². The monoisotopic (exact) mass is 283 g/mol. The lowest BCUT2D eigenvalue weighted by molar-refractivity contribution is 0.534. The Kier molecular flexibility index (Phi) is 7.10. The molecule has 0 aliphatic carbocycles. The summed E-state index contributed by atoms with van der Waals surface area (Å²) < 4.78 is 23.8. The molecule has 0 aromatic heterocycles. The smallest absolute Gasteiger partial charge is 0.154 e. The molecule has 0 aliphatic heterocycles. The van der Waals surface area contributed by atoms with Crippen LogP contribution < -0.4 is 5.32 Å². The molecule has 0 bridgehead atoms. The Hall–Kier alpha value is -0.870. The Morgan fingerprint density at radius 3 is 2.42 bits per heavy atom. The number of sulfone groups is 1. The lowest BCUT2D eigenvalue weighted by Gasteiger charge is -2.07. The second-order valence-corrected chi connectivity index (χ2v) is 7.55. The third-order valence-electron chi connectivity index (χ3n) is 2.94. The fourth-order valence-corrected chi connectivity index (χ4v) is 3.26. The summed E-state index contributed by atoms with van der Waals surface area (Å²) >= 11 is 0. The molecule has 0 saturated heterocycles. The van der Waals surface area contributed by atoms with E-state index in [1.807, 2.05) is 30.3 Å². The van der Waals surface area contributed by atoms with Gasteiger partial charge in [0, 0.05) is 0 Å². The summed E-state index contributed by atoms with van der Waals surface area (Å²) in [4.78, 5) is 0. The molecule has 0 spiro atoms. The maximum absolute atomic E-state index is 11.9. The van der Waals surface area contributed by atoms with E-state index in [1.54, 1.807) is 0 Å². The van der Waals surface area contributed by atoms with Crippen molar-refractivity contribution in [1.82, 2.24) is 5.32 Å². The van der Waals surface area contributed by atoms with Crippen molar-refractivity contribution in [3.63, 3.8) is 0 Å². The normalized spacial score (nSPS) is 11.9. The first kappa shape index (κ1) is 16.2. The first-order valence-corrected chi connectivity index (χ1v) is 8.77. The van der Waals surface area contributed by atoms with Crippen molar-refractivity contribution in [2.75, 3.05) is 18.8 Å². The van der Waals surface area contributed by atoms with E-state index in [2.05, 4.69) is 19.2 Å². The summed E-state index contributed by atoms with van der Waals surface area (Å²) in [5.41, 5.74) is 0.871. The highest BCUT2D eigenvalue weighted by Crippen LogP contribution is 2.07. The third kappa shape index (κ3) is 8.01. The molecule has 0 heterocycles. The molecule has 4 heteroatoms. The van der Waals surface area contributed by atoms with Crippen molar-refractivity contribution in [3.05, 3.63) is 35.9 Å². The second-order valence-electron chi connectivity index (χ2n) is 5.36. The minimum atomic E-state index is -2.98. The summed E-state index contributed by atoms with van der Waals surface area (Å²) in [5, 5.41) is 3.29. The molecule has 0 atom stereocenters. The molecule has 0 fully saturated rings. The molecular weight excluding hydrogens is 258 g/mol. The van der Waals surface area contributed by atoms with Gasteiger partial charge in [-0.2, -0.15) is 0 Å². The zero-order chi connectivity index (χ0) is 14.1. The Labute approximate surface area is 117 Å². The number of nitrogens with one attached hydrogen (secondary N) is 1. The van der Waals surface area contributed by atoms with Gasteiger partial charge in [-0.25, -0.2) is 8.42 Å². The first-order valence-electron chi connectivity index (χ1n) is 6.94. The number of hydrogen-bond acceptors (Lipinski definition) is 3. The van der Waals surface area contributed by atoms with Gasteiger partial charge >= 0.3 is 0 Å². The van der Waals surface area contributed by atoms with E-state index in [9.17, 15) is 8.42 Å². The van der Waals surface area contributed by atoms with E-state index < -0.39 is 9.84 Å². The third-order valence-corrected chi connectivity index (χ3v) is 4.62. The van der Waals surface area contributed by atoms with Crippen LogP contribution in [0.25, 0.3) is 0 Å². The Morgan fingerprint density at radius 2 is 1.79 bits per heavy atom. The van der Waals surface area contributed by atoms with Crippen LogP contribution in [0.15, 0.2) is 30.3 Å². The van der Waals surface area contributed by atoms with Crippen LogP contribution >= 0.6 is 0 Å². The van der Waals surface area contributed by atoms with Crippen molar-refractivity contribution >= 4 is 9.84 Å². The molecule has 0 amide bonds. The van der Waals surface area contributed by atoms with Crippen molar-refractivity contribution in [1.29, 1.82) is 0 Å². The fourth-order valence-electron chi connectivity index (χ4n) is 1.83. The Morgan fingerprint density at radius 1 is 1.11 bits per heavy atom. The highest BCUT2D eigenvalue weighted by Gasteiger charge is 2.11. The van der Waals surface area contributed by atoms with Gasteiger partial charge in [0.25, 0.3) is 0 Å². The van der Waals surface area contributed by atoms with Gasteiger partial charge in [0.1, 0.15) is 0 Å². The van der Waals surface area contributed by atoms with Crippen molar-refractivity contribution in [2.45, 2.75) is 32.4 Å². The van der Waals surface area contributed by atoms with Gasteiger partial charge in [-0.1, -0.05) is 44.2 Å². The van der Waals surface area contributed by atoms with E-state index in [1.165, 1.54) is 0 Å². The molecule has 1 N–H and O–H groups in total. The predicted molar refractivity (Wildman–Crippen MR) is 80.9 cm³/mol. The van der Waals surface area contributed by atoms with Crippen LogP contribution in [0.2, 0.25) is 0 Å². The zero-order valence-corrected chi connectivity index (χ0v) is 12.7. The summed E-state index contributed by atoms with van der Waals surface area (Å²) in [6.07, 6.45) is 1.82. The molecule has 19 heavy (non-hydrogen) atoms. The first-order chi connectivity index (χ1) is 8.99. The quantitative estimate of drug-likeness (QED) is 0.709. The topological polar surface area (TPSA) is 46.2 Å². The molecule has 1 aromatic rings. The average molecular weight is 283 g/mol. The van der Waals surface area contributed by atoms with Crippen LogP contribution in [-0.4, -0.2) is 27.3 Å².